The third-order valence-corrected chi connectivity index (χ3v) is 5.56. The van der Waals surface area contributed by atoms with Crippen LogP contribution in [0.1, 0.15) is 58.3 Å². The molecular formula is C15H26F2OS. The number of rotatable bonds is 4. The second-order valence-electron chi connectivity index (χ2n) is 6.34. The van der Waals surface area contributed by atoms with Gasteiger partial charge in [-0.1, -0.05) is 31.5 Å². The van der Waals surface area contributed by atoms with Crippen molar-refractivity contribution in [1.82, 2.24) is 0 Å². The lowest BCUT2D eigenvalue weighted by atomic mass is 9.71. The summed E-state index contributed by atoms with van der Waals surface area (Å²) in [4.78, 5) is 0. The van der Waals surface area contributed by atoms with E-state index >= 15 is 0 Å². The van der Waals surface area contributed by atoms with Gasteiger partial charge in [0.2, 0.25) is 0 Å². The van der Waals surface area contributed by atoms with E-state index < -0.39 is 5.44 Å². The van der Waals surface area contributed by atoms with E-state index in [2.05, 4.69) is 6.92 Å². The standard InChI is InChI=1S/C15H26F2OS/c1-11-3-5-12(6-4-11)13-7-9-14(10-8-13)18-15(16,17)19-2/h11-14H,3-10H2,1-2H3. The van der Waals surface area contributed by atoms with E-state index in [1.54, 1.807) is 0 Å². The molecule has 0 aromatic carbocycles. The molecule has 0 amide bonds. The fourth-order valence-corrected chi connectivity index (χ4v) is 3.91. The van der Waals surface area contributed by atoms with Crippen LogP contribution in [0.2, 0.25) is 0 Å². The van der Waals surface area contributed by atoms with E-state index in [4.69, 9.17) is 4.74 Å². The van der Waals surface area contributed by atoms with E-state index in [-0.39, 0.29) is 6.10 Å². The van der Waals surface area contributed by atoms with Gasteiger partial charge in [-0.2, -0.15) is 8.78 Å². The van der Waals surface area contributed by atoms with Gasteiger partial charge >= 0.3 is 5.44 Å². The van der Waals surface area contributed by atoms with Crippen LogP contribution in [0, 0.1) is 17.8 Å². The zero-order chi connectivity index (χ0) is 13.9. The Morgan fingerprint density at radius 3 is 1.84 bits per heavy atom. The van der Waals surface area contributed by atoms with E-state index in [1.807, 2.05) is 0 Å². The molecule has 0 aromatic rings. The molecule has 0 spiro atoms. The van der Waals surface area contributed by atoms with Crippen LogP contribution in [0.25, 0.3) is 0 Å². The number of alkyl halides is 2. The van der Waals surface area contributed by atoms with Crippen molar-refractivity contribution in [3.63, 3.8) is 0 Å². The van der Waals surface area contributed by atoms with Crippen LogP contribution in [0.4, 0.5) is 8.78 Å². The van der Waals surface area contributed by atoms with Gasteiger partial charge in [0.1, 0.15) is 0 Å². The molecule has 0 bridgehead atoms. The van der Waals surface area contributed by atoms with Crippen LogP contribution < -0.4 is 0 Å². The molecule has 2 rings (SSSR count). The van der Waals surface area contributed by atoms with E-state index in [9.17, 15) is 8.78 Å². The van der Waals surface area contributed by atoms with Crippen molar-refractivity contribution >= 4 is 11.8 Å². The van der Waals surface area contributed by atoms with Crippen LogP contribution in [-0.2, 0) is 4.74 Å². The predicted molar refractivity (Wildman–Crippen MR) is 76.4 cm³/mol. The molecule has 2 saturated carbocycles. The normalized spacial score (nSPS) is 37.3. The van der Waals surface area contributed by atoms with Crippen molar-refractivity contribution < 1.29 is 13.5 Å². The summed E-state index contributed by atoms with van der Waals surface area (Å²) < 4.78 is 31.3. The van der Waals surface area contributed by atoms with Gasteiger partial charge in [-0.15, -0.1) is 0 Å². The highest BCUT2D eigenvalue weighted by Gasteiger charge is 2.36. The topological polar surface area (TPSA) is 9.23 Å². The van der Waals surface area contributed by atoms with Gasteiger partial charge in [-0.05, 0) is 62.5 Å². The first-order valence-electron chi connectivity index (χ1n) is 7.61. The van der Waals surface area contributed by atoms with Gasteiger partial charge in [0, 0.05) is 0 Å². The van der Waals surface area contributed by atoms with Crippen molar-refractivity contribution in [3.05, 3.63) is 0 Å². The third-order valence-electron chi connectivity index (χ3n) is 4.99. The van der Waals surface area contributed by atoms with Crippen molar-refractivity contribution in [2.24, 2.45) is 17.8 Å². The molecule has 0 N–H and O–H groups in total. The zero-order valence-electron chi connectivity index (χ0n) is 12.0. The SMILES string of the molecule is CSC(F)(F)OC1CCC(C2CCC(C)CC2)CC1. The van der Waals surface area contributed by atoms with Crippen molar-refractivity contribution in [3.8, 4) is 0 Å². The summed E-state index contributed by atoms with van der Waals surface area (Å²) in [6.45, 7) is 2.34. The van der Waals surface area contributed by atoms with Crippen LogP contribution in [-0.4, -0.2) is 17.8 Å². The minimum atomic E-state index is -3.00. The second-order valence-corrected chi connectivity index (χ2v) is 7.23. The highest BCUT2D eigenvalue weighted by Crippen LogP contribution is 2.41. The lowest BCUT2D eigenvalue weighted by Gasteiger charge is -2.37. The molecule has 0 saturated heterocycles. The maximum absolute atomic E-state index is 13.2. The average Bonchev–Trinajstić information content (AvgIpc) is 2.40. The van der Waals surface area contributed by atoms with Crippen LogP contribution >= 0.6 is 11.8 Å². The molecule has 2 aliphatic rings. The summed E-state index contributed by atoms with van der Waals surface area (Å²) >= 11 is 0.494. The Balaban J connectivity index is 1.73. The van der Waals surface area contributed by atoms with Gasteiger partial charge in [0.25, 0.3) is 0 Å². The largest absolute Gasteiger partial charge is 0.407 e. The molecule has 2 fully saturated rings. The lowest BCUT2D eigenvalue weighted by Crippen LogP contribution is -2.31. The summed E-state index contributed by atoms with van der Waals surface area (Å²) in [5.41, 5.74) is -3.00. The molecule has 0 aliphatic heterocycles. The maximum atomic E-state index is 13.2. The van der Waals surface area contributed by atoms with Crippen LogP contribution in [0.3, 0.4) is 0 Å². The van der Waals surface area contributed by atoms with E-state index in [1.165, 1.54) is 31.9 Å². The number of halogens is 2. The van der Waals surface area contributed by atoms with Gasteiger partial charge in [-0.3, -0.25) is 0 Å². The Labute approximate surface area is 119 Å². The maximum Gasteiger partial charge on any atom is 0.407 e. The minimum Gasteiger partial charge on any atom is -0.308 e. The van der Waals surface area contributed by atoms with Gasteiger partial charge in [-0.25, -0.2) is 0 Å². The van der Waals surface area contributed by atoms with Gasteiger partial charge in [0.05, 0.1) is 6.10 Å². The number of ether oxygens (including phenoxy) is 1. The average molecular weight is 292 g/mol. The molecule has 0 unspecified atom stereocenters. The monoisotopic (exact) mass is 292 g/mol. The number of hydrogen-bond donors (Lipinski definition) is 0. The Kier molecular flexibility index (Phi) is 5.53. The minimum absolute atomic E-state index is 0.235. The summed E-state index contributed by atoms with van der Waals surface area (Å²) in [5.74, 6) is 2.49. The summed E-state index contributed by atoms with van der Waals surface area (Å²) in [5, 5.41) is 0. The quantitative estimate of drug-likeness (QED) is 0.650. The molecule has 112 valence electrons. The first kappa shape index (κ1) is 15.6. The van der Waals surface area contributed by atoms with Crippen molar-refractivity contribution in [2.75, 3.05) is 6.26 Å². The Morgan fingerprint density at radius 2 is 1.37 bits per heavy atom. The first-order valence-corrected chi connectivity index (χ1v) is 8.83. The lowest BCUT2D eigenvalue weighted by molar-refractivity contribution is -0.201. The summed E-state index contributed by atoms with van der Waals surface area (Å²) in [6.07, 6.45) is 10.3. The highest BCUT2D eigenvalue weighted by atomic mass is 32.2. The van der Waals surface area contributed by atoms with Crippen LogP contribution in [0.5, 0.6) is 0 Å². The Morgan fingerprint density at radius 1 is 0.895 bits per heavy atom. The molecule has 0 heterocycles. The smallest absolute Gasteiger partial charge is 0.308 e. The van der Waals surface area contributed by atoms with Gasteiger partial charge in [0.15, 0.2) is 0 Å². The molecule has 0 radical (unpaired) electrons. The Hall–Kier alpha value is 0.170. The van der Waals surface area contributed by atoms with Crippen molar-refractivity contribution in [2.45, 2.75) is 69.8 Å². The van der Waals surface area contributed by atoms with Gasteiger partial charge < -0.3 is 4.74 Å². The fourth-order valence-electron chi connectivity index (χ4n) is 3.68. The molecular weight excluding hydrogens is 266 g/mol. The Bertz CT molecular complexity index is 269. The first-order chi connectivity index (χ1) is 9.00. The van der Waals surface area contributed by atoms with E-state index in [0.29, 0.717) is 11.8 Å². The second kappa shape index (κ2) is 6.75. The van der Waals surface area contributed by atoms with Crippen LogP contribution in [0.15, 0.2) is 0 Å². The molecule has 1 nitrogen and oxygen atoms in total. The molecule has 2 aliphatic carbocycles. The van der Waals surface area contributed by atoms with Crippen molar-refractivity contribution in [1.29, 1.82) is 0 Å². The third kappa shape index (κ3) is 4.59. The highest BCUT2D eigenvalue weighted by molar-refractivity contribution is 7.99. The summed E-state index contributed by atoms with van der Waals surface area (Å²) in [7, 11) is 0. The molecule has 4 heteroatoms. The fraction of sp³-hybridized carbons (Fsp3) is 1.00. The van der Waals surface area contributed by atoms with E-state index in [0.717, 1.165) is 43.4 Å². The molecule has 0 atom stereocenters. The predicted octanol–water partition coefficient (Wildman–Crippen LogP) is 5.30. The molecule has 0 aromatic heterocycles. The zero-order valence-corrected chi connectivity index (χ0v) is 12.9. The summed E-state index contributed by atoms with van der Waals surface area (Å²) in [6, 6.07) is 0. The number of hydrogen-bond acceptors (Lipinski definition) is 2. The molecule has 19 heavy (non-hydrogen) atoms. The number of thioether (sulfide) groups is 1.